The van der Waals surface area contributed by atoms with E-state index in [1.54, 1.807) is 19.2 Å². The van der Waals surface area contributed by atoms with E-state index >= 15 is 0 Å². The number of hydrogen-bond donors (Lipinski definition) is 1. The van der Waals surface area contributed by atoms with E-state index in [1.807, 2.05) is 6.07 Å². The largest absolute Gasteiger partial charge is 0.481 e. The number of nitrogens with two attached hydrogens (primary N) is 1. The summed E-state index contributed by atoms with van der Waals surface area (Å²) in [5.74, 6) is -2.09. The summed E-state index contributed by atoms with van der Waals surface area (Å²) in [6, 6.07) is 10.5. The first kappa shape index (κ1) is 21.2. The number of carbonyl (C=O) groups excluding carboxylic acids is 1. The van der Waals surface area contributed by atoms with Gasteiger partial charge in [-0.1, -0.05) is 36.8 Å². The Kier molecular flexibility index (Phi) is 6.50. The Morgan fingerprint density at radius 3 is 2.45 bits per heavy atom. The van der Waals surface area contributed by atoms with Crippen LogP contribution in [0.15, 0.2) is 36.4 Å². The quantitative estimate of drug-likeness (QED) is 0.552. The van der Waals surface area contributed by atoms with Crippen LogP contribution in [0.4, 0.5) is 8.78 Å². The maximum atomic E-state index is 13.6. The number of hydrogen-bond acceptors (Lipinski definition) is 3. The molecular weight excluding hydrogens is 374 g/mol. The number of benzene rings is 1. The molecule has 1 aromatic heterocycles. The van der Waals surface area contributed by atoms with Gasteiger partial charge in [0.25, 0.3) is 5.92 Å². The lowest BCUT2D eigenvalue weighted by Gasteiger charge is -2.20. The molecule has 0 radical (unpaired) electrons. The van der Waals surface area contributed by atoms with E-state index in [9.17, 15) is 13.6 Å². The molecule has 0 spiro atoms. The van der Waals surface area contributed by atoms with Crippen molar-refractivity contribution in [3.05, 3.63) is 58.8 Å². The molecule has 0 saturated heterocycles. The monoisotopic (exact) mass is 402 g/mol. The van der Waals surface area contributed by atoms with E-state index < -0.39 is 5.92 Å². The van der Waals surface area contributed by atoms with Gasteiger partial charge in [0.2, 0.25) is 11.8 Å². The number of halogens is 2. The van der Waals surface area contributed by atoms with Crippen LogP contribution in [0.2, 0.25) is 0 Å². The number of rotatable bonds is 10. The Balaban J connectivity index is 1.87. The van der Waals surface area contributed by atoms with E-state index in [-0.39, 0.29) is 17.4 Å². The highest BCUT2D eigenvalue weighted by Crippen LogP contribution is 2.44. The second-order valence-corrected chi connectivity index (χ2v) is 7.88. The Bertz CT molecular complexity index is 843. The van der Waals surface area contributed by atoms with E-state index in [2.05, 4.69) is 6.07 Å². The number of alkyl halides is 2. The molecule has 0 bridgehead atoms. The first-order chi connectivity index (χ1) is 13.8. The molecule has 1 aromatic carbocycles. The topological polar surface area (TPSA) is 65.2 Å². The van der Waals surface area contributed by atoms with Crippen molar-refractivity contribution in [1.82, 2.24) is 4.98 Å². The number of methoxy groups -OCH3 is 1. The highest BCUT2D eigenvalue weighted by atomic mass is 19.3. The fourth-order valence-corrected chi connectivity index (χ4v) is 3.67. The maximum absolute atomic E-state index is 13.6. The highest BCUT2D eigenvalue weighted by molar-refractivity contribution is 5.73. The van der Waals surface area contributed by atoms with Gasteiger partial charge in [-0.15, -0.1) is 0 Å². The third-order valence-electron chi connectivity index (χ3n) is 5.46. The average Bonchev–Trinajstić information content (AvgIpc) is 3.52. The summed E-state index contributed by atoms with van der Waals surface area (Å²) in [6.45, 7) is 0.895. The van der Waals surface area contributed by atoms with Crippen molar-refractivity contribution < 1.29 is 18.3 Å². The predicted molar refractivity (Wildman–Crippen MR) is 108 cm³/mol. The van der Waals surface area contributed by atoms with Crippen molar-refractivity contribution in [1.29, 1.82) is 0 Å². The lowest BCUT2D eigenvalue weighted by Crippen LogP contribution is -2.11. The molecule has 1 fully saturated rings. The third-order valence-corrected chi connectivity index (χ3v) is 5.46. The molecule has 1 saturated carbocycles. The summed E-state index contributed by atoms with van der Waals surface area (Å²) >= 11 is 0. The van der Waals surface area contributed by atoms with Gasteiger partial charge in [0.05, 0.1) is 12.8 Å². The predicted octanol–water partition coefficient (Wildman–Crippen LogP) is 5.26. The van der Waals surface area contributed by atoms with Gasteiger partial charge in [-0.25, -0.2) is 13.8 Å². The van der Waals surface area contributed by atoms with E-state index in [0.717, 1.165) is 49.4 Å². The van der Waals surface area contributed by atoms with Crippen LogP contribution in [0.5, 0.6) is 5.88 Å². The molecule has 1 aliphatic rings. The number of nitrogens with zero attached hydrogens (tertiary/aromatic N) is 1. The fourth-order valence-electron chi connectivity index (χ4n) is 3.67. The summed E-state index contributed by atoms with van der Waals surface area (Å²) in [5, 5.41) is 0. The molecule has 156 valence electrons. The Hall–Kier alpha value is -2.50. The summed E-state index contributed by atoms with van der Waals surface area (Å²) in [5.41, 5.74) is 8.13. The lowest BCUT2D eigenvalue weighted by atomic mass is 9.88. The van der Waals surface area contributed by atoms with Crippen LogP contribution >= 0.6 is 0 Å². The lowest BCUT2D eigenvalue weighted by molar-refractivity contribution is -0.118. The molecular formula is C23H28F2N2O2. The number of amides is 1. The molecule has 2 N–H and O–H groups in total. The summed E-state index contributed by atoms with van der Waals surface area (Å²) in [6.07, 6.45) is 4.86. The zero-order chi connectivity index (χ0) is 21.0. The van der Waals surface area contributed by atoms with Gasteiger partial charge in [0.15, 0.2) is 0 Å². The van der Waals surface area contributed by atoms with Crippen LogP contribution < -0.4 is 10.5 Å². The van der Waals surface area contributed by atoms with E-state index in [1.165, 1.54) is 12.1 Å². The molecule has 6 heteroatoms. The minimum atomic E-state index is -2.87. The minimum Gasteiger partial charge on any atom is -0.481 e. The Morgan fingerprint density at radius 2 is 1.90 bits per heavy atom. The van der Waals surface area contributed by atoms with Crippen LogP contribution in [-0.4, -0.2) is 18.0 Å². The molecule has 1 atom stereocenters. The SMILES string of the molecule is COc1nc(C(CCCCC(N)=O)c2ccc(C(C)(F)F)cc2)ccc1C1CC1. The van der Waals surface area contributed by atoms with Crippen molar-refractivity contribution >= 4 is 5.91 Å². The molecule has 4 nitrogen and oxygen atoms in total. The van der Waals surface area contributed by atoms with Crippen molar-refractivity contribution in [2.24, 2.45) is 5.73 Å². The summed E-state index contributed by atoms with van der Waals surface area (Å²) in [4.78, 5) is 15.8. The molecule has 1 heterocycles. The van der Waals surface area contributed by atoms with E-state index in [0.29, 0.717) is 24.6 Å². The zero-order valence-electron chi connectivity index (χ0n) is 17.0. The van der Waals surface area contributed by atoms with Gasteiger partial charge < -0.3 is 10.5 Å². The molecule has 1 aliphatic carbocycles. The van der Waals surface area contributed by atoms with Gasteiger partial charge in [-0.3, -0.25) is 4.79 Å². The normalized spacial score (nSPS) is 15.2. The molecule has 1 amide bonds. The Labute approximate surface area is 170 Å². The van der Waals surface area contributed by atoms with Crippen LogP contribution in [0.1, 0.15) is 79.7 Å². The van der Waals surface area contributed by atoms with Crippen molar-refractivity contribution in [2.75, 3.05) is 7.11 Å². The fraction of sp³-hybridized carbons (Fsp3) is 0.478. The molecule has 3 rings (SSSR count). The van der Waals surface area contributed by atoms with Crippen LogP contribution in [-0.2, 0) is 10.7 Å². The van der Waals surface area contributed by atoms with Crippen LogP contribution in [0.25, 0.3) is 0 Å². The number of pyridine rings is 1. The number of aromatic nitrogens is 1. The smallest absolute Gasteiger partial charge is 0.270 e. The number of unbranched alkanes of at least 4 members (excludes halogenated alkanes) is 1. The van der Waals surface area contributed by atoms with Crippen molar-refractivity contribution in [2.45, 2.75) is 63.2 Å². The van der Waals surface area contributed by atoms with Crippen molar-refractivity contribution in [3.8, 4) is 5.88 Å². The van der Waals surface area contributed by atoms with Gasteiger partial charge in [-0.2, -0.15) is 0 Å². The second kappa shape index (κ2) is 8.89. The van der Waals surface area contributed by atoms with E-state index in [4.69, 9.17) is 15.5 Å². The molecule has 2 aromatic rings. The van der Waals surface area contributed by atoms with Gasteiger partial charge >= 0.3 is 0 Å². The van der Waals surface area contributed by atoms with Crippen LogP contribution in [0.3, 0.4) is 0 Å². The third kappa shape index (κ3) is 5.52. The summed E-state index contributed by atoms with van der Waals surface area (Å²) < 4.78 is 32.7. The second-order valence-electron chi connectivity index (χ2n) is 7.88. The molecule has 0 aliphatic heterocycles. The Morgan fingerprint density at radius 1 is 1.21 bits per heavy atom. The van der Waals surface area contributed by atoms with Gasteiger partial charge in [0.1, 0.15) is 0 Å². The molecule has 1 unspecified atom stereocenters. The number of primary amides is 1. The standard InChI is InChI=1S/C23H28F2N2O2/c1-23(24,25)17-11-9-15(10-12-17)18(5-3-4-6-21(26)28)20-14-13-19(16-7-8-16)22(27-20)29-2/h9-14,16,18H,3-8H2,1-2H3,(H2,26,28). The number of ether oxygens (including phenoxy) is 1. The highest BCUT2D eigenvalue weighted by Gasteiger charge is 2.29. The maximum Gasteiger partial charge on any atom is 0.270 e. The minimum absolute atomic E-state index is 0.0108. The molecule has 29 heavy (non-hydrogen) atoms. The van der Waals surface area contributed by atoms with Crippen LogP contribution in [0, 0.1) is 0 Å². The zero-order valence-corrected chi connectivity index (χ0v) is 17.0. The first-order valence-corrected chi connectivity index (χ1v) is 10.1. The van der Waals surface area contributed by atoms with Gasteiger partial charge in [-0.05, 0) is 43.2 Å². The van der Waals surface area contributed by atoms with Crippen molar-refractivity contribution in [3.63, 3.8) is 0 Å². The average molecular weight is 402 g/mol. The van der Waals surface area contributed by atoms with Gasteiger partial charge in [0, 0.05) is 30.4 Å². The summed E-state index contributed by atoms with van der Waals surface area (Å²) in [7, 11) is 1.62. The first-order valence-electron chi connectivity index (χ1n) is 10.1. The number of carbonyl (C=O) groups is 1.